The van der Waals surface area contributed by atoms with E-state index in [1.54, 1.807) is 0 Å². The number of Topliss-reactive ketones (excluding diaryl/α,β-unsaturated/α-hetero) is 1. The smallest absolute Gasteiger partial charge is 0.139 e. The molecule has 1 aliphatic rings. The van der Waals surface area contributed by atoms with Crippen molar-refractivity contribution in [2.24, 2.45) is 23.7 Å². The van der Waals surface area contributed by atoms with E-state index < -0.39 is 11.8 Å². The maximum Gasteiger partial charge on any atom is 0.139 e. The molecule has 0 N–H and O–H groups in total. The predicted octanol–water partition coefficient (Wildman–Crippen LogP) is 2.08. The summed E-state index contributed by atoms with van der Waals surface area (Å²) < 4.78 is 0. The van der Waals surface area contributed by atoms with Gasteiger partial charge in [0.15, 0.2) is 0 Å². The summed E-state index contributed by atoms with van der Waals surface area (Å²) in [6.07, 6.45) is 2.77. The highest BCUT2D eigenvalue weighted by Crippen LogP contribution is 2.33. The maximum absolute atomic E-state index is 12.2. The van der Waals surface area contributed by atoms with Gasteiger partial charge in [0.25, 0.3) is 0 Å². The number of nitriles is 4. The van der Waals surface area contributed by atoms with Crippen LogP contribution in [0.3, 0.4) is 0 Å². The van der Waals surface area contributed by atoms with Crippen molar-refractivity contribution >= 4 is 5.78 Å². The minimum Gasteiger partial charge on any atom is -0.299 e. The van der Waals surface area contributed by atoms with Crippen LogP contribution in [0, 0.1) is 69.0 Å². The highest BCUT2D eigenvalue weighted by molar-refractivity contribution is 5.84. The van der Waals surface area contributed by atoms with E-state index in [9.17, 15) is 4.79 Å². The highest BCUT2D eigenvalue weighted by Gasteiger charge is 2.34. The molecule has 0 spiro atoms. The van der Waals surface area contributed by atoms with E-state index >= 15 is 0 Å². The molecule has 0 aromatic heterocycles. The van der Waals surface area contributed by atoms with Gasteiger partial charge in [-0.1, -0.05) is 6.42 Å². The van der Waals surface area contributed by atoms with Crippen LogP contribution in [0.25, 0.3) is 0 Å². The van der Waals surface area contributed by atoms with Gasteiger partial charge in [0.05, 0.1) is 24.3 Å². The molecule has 0 radical (unpaired) electrons. The van der Waals surface area contributed by atoms with Crippen molar-refractivity contribution in [2.75, 3.05) is 0 Å². The molecule has 19 heavy (non-hydrogen) atoms. The van der Waals surface area contributed by atoms with E-state index in [0.717, 1.165) is 6.42 Å². The van der Waals surface area contributed by atoms with Crippen LogP contribution in [-0.2, 0) is 4.79 Å². The number of carbonyl (C=O) groups is 1. The molecule has 2 atom stereocenters. The molecule has 0 amide bonds. The molecule has 0 aliphatic heterocycles. The number of hydrogen-bond acceptors (Lipinski definition) is 5. The number of nitrogens with zero attached hydrogens (tertiary/aromatic N) is 4. The third-order valence-corrected chi connectivity index (χ3v) is 3.57. The molecule has 5 nitrogen and oxygen atoms in total. The van der Waals surface area contributed by atoms with Crippen LogP contribution in [0.5, 0.6) is 0 Å². The summed E-state index contributed by atoms with van der Waals surface area (Å²) in [4.78, 5) is 12.2. The Morgan fingerprint density at radius 3 is 1.58 bits per heavy atom. The summed E-state index contributed by atoms with van der Waals surface area (Å²) in [5.74, 6) is -2.05. The highest BCUT2D eigenvalue weighted by atomic mass is 16.1. The molecule has 0 aromatic rings. The number of ketones is 1. The van der Waals surface area contributed by atoms with E-state index in [4.69, 9.17) is 21.0 Å². The monoisotopic (exact) mass is 254 g/mol. The first-order valence-corrected chi connectivity index (χ1v) is 6.28. The number of carbonyl (C=O) groups excluding carboxylic acids is 1. The summed E-state index contributed by atoms with van der Waals surface area (Å²) in [5.41, 5.74) is 0. The molecule has 1 saturated carbocycles. The predicted molar refractivity (Wildman–Crippen MR) is 64.5 cm³/mol. The lowest BCUT2D eigenvalue weighted by Crippen LogP contribution is -2.30. The van der Waals surface area contributed by atoms with E-state index in [1.165, 1.54) is 0 Å². The van der Waals surface area contributed by atoms with Crippen molar-refractivity contribution < 1.29 is 4.79 Å². The quantitative estimate of drug-likeness (QED) is 0.762. The van der Waals surface area contributed by atoms with Gasteiger partial charge in [-0.3, -0.25) is 4.79 Å². The van der Waals surface area contributed by atoms with Crippen LogP contribution in [0.1, 0.15) is 32.1 Å². The second kappa shape index (κ2) is 7.15. The van der Waals surface area contributed by atoms with Crippen molar-refractivity contribution in [3.05, 3.63) is 0 Å². The summed E-state index contributed by atoms with van der Waals surface area (Å²) in [5, 5.41) is 35.0. The molecular formula is C14H14N4O. The van der Waals surface area contributed by atoms with Gasteiger partial charge >= 0.3 is 0 Å². The van der Waals surface area contributed by atoms with Gasteiger partial charge in [0.1, 0.15) is 17.6 Å². The van der Waals surface area contributed by atoms with Crippen LogP contribution >= 0.6 is 0 Å². The Morgan fingerprint density at radius 2 is 1.26 bits per heavy atom. The second-order valence-corrected chi connectivity index (χ2v) is 4.82. The number of rotatable bonds is 4. The zero-order valence-electron chi connectivity index (χ0n) is 10.5. The van der Waals surface area contributed by atoms with Gasteiger partial charge < -0.3 is 0 Å². The normalized spacial score (nSPS) is 22.3. The average molecular weight is 254 g/mol. The summed E-state index contributed by atoms with van der Waals surface area (Å²) >= 11 is 0. The molecule has 0 bridgehead atoms. The topological polar surface area (TPSA) is 112 Å². The van der Waals surface area contributed by atoms with E-state index in [2.05, 4.69) is 0 Å². The SMILES string of the molecule is N#CC(C#N)C[C@H]1CCC[C@H](CC(C#N)C#N)C1=O. The summed E-state index contributed by atoms with van der Waals surface area (Å²) in [6.45, 7) is 0. The van der Waals surface area contributed by atoms with Gasteiger partial charge in [0, 0.05) is 11.8 Å². The first kappa shape index (κ1) is 14.7. The van der Waals surface area contributed by atoms with E-state index in [-0.39, 0.29) is 30.5 Å². The molecular weight excluding hydrogens is 240 g/mol. The lowest BCUT2D eigenvalue weighted by atomic mass is 9.74. The van der Waals surface area contributed by atoms with Crippen molar-refractivity contribution in [1.29, 1.82) is 21.0 Å². The first-order valence-electron chi connectivity index (χ1n) is 6.28. The van der Waals surface area contributed by atoms with Crippen LogP contribution in [0.2, 0.25) is 0 Å². The summed E-state index contributed by atoms with van der Waals surface area (Å²) in [6, 6.07) is 7.52. The second-order valence-electron chi connectivity index (χ2n) is 4.82. The standard InChI is InChI=1S/C14H14N4O/c15-6-10(7-16)4-12-2-1-3-13(14(12)19)5-11(8-17)9-18/h10-13H,1-5H2/t12-,13-/m1/s1. The molecule has 5 heteroatoms. The fraction of sp³-hybridized carbons (Fsp3) is 0.643. The molecule has 0 heterocycles. The lowest BCUT2D eigenvalue weighted by Gasteiger charge is -2.28. The fourth-order valence-electron chi connectivity index (χ4n) is 2.53. The molecule has 0 aromatic carbocycles. The van der Waals surface area contributed by atoms with Crippen LogP contribution in [0.15, 0.2) is 0 Å². The Morgan fingerprint density at radius 1 is 0.895 bits per heavy atom. The largest absolute Gasteiger partial charge is 0.299 e. The Labute approximate surface area is 112 Å². The first-order chi connectivity index (χ1) is 9.15. The molecule has 0 saturated heterocycles. The van der Waals surface area contributed by atoms with Crippen molar-refractivity contribution in [3.8, 4) is 24.3 Å². The van der Waals surface area contributed by atoms with E-state index in [0.29, 0.717) is 12.8 Å². The minimum atomic E-state index is -0.754. The number of hydrogen-bond donors (Lipinski definition) is 0. The lowest BCUT2D eigenvalue weighted by molar-refractivity contribution is -0.129. The summed E-state index contributed by atoms with van der Waals surface area (Å²) in [7, 11) is 0. The van der Waals surface area contributed by atoms with Crippen LogP contribution < -0.4 is 0 Å². The average Bonchev–Trinajstić information content (AvgIpc) is 2.45. The van der Waals surface area contributed by atoms with Crippen LogP contribution in [-0.4, -0.2) is 5.78 Å². The zero-order chi connectivity index (χ0) is 14.3. The van der Waals surface area contributed by atoms with E-state index in [1.807, 2.05) is 24.3 Å². The zero-order valence-corrected chi connectivity index (χ0v) is 10.5. The maximum atomic E-state index is 12.2. The van der Waals surface area contributed by atoms with Gasteiger partial charge in [-0.2, -0.15) is 21.0 Å². The van der Waals surface area contributed by atoms with Gasteiger partial charge in [-0.05, 0) is 25.7 Å². The van der Waals surface area contributed by atoms with Crippen LogP contribution in [0.4, 0.5) is 0 Å². The third-order valence-electron chi connectivity index (χ3n) is 3.57. The van der Waals surface area contributed by atoms with Gasteiger partial charge in [-0.25, -0.2) is 0 Å². The van der Waals surface area contributed by atoms with Crippen molar-refractivity contribution in [2.45, 2.75) is 32.1 Å². The molecule has 0 unspecified atom stereocenters. The van der Waals surface area contributed by atoms with Gasteiger partial charge in [0.2, 0.25) is 0 Å². The minimum absolute atomic E-state index is 0.0113. The Kier molecular flexibility index (Phi) is 5.53. The Bertz CT molecular complexity index is 427. The van der Waals surface area contributed by atoms with Crippen molar-refractivity contribution in [1.82, 2.24) is 0 Å². The molecule has 1 aliphatic carbocycles. The molecule has 1 rings (SSSR count). The third kappa shape index (κ3) is 3.80. The van der Waals surface area contributed by atoms with Crippen molar-refractivity contribution in [3.63, 3.8) is 0 Å². The Balaban J connectivity index is 2.67. The van der Waals surface area contributed by atoms with Gasteiger partial charge in [-0.15, -0.1) is 0 Å². The Hall–Kier alpha value is -2.37. The molecule has 1 fully saturated rings. The molecule has 96 valence electrons. The fourth-order valence-corrected chi connectivity index (χ4v) is 2.53.